The van der Waals surface area contributed by atoms with Crippen LogP contribution in [-0.4, -0.2) is 0 Å². The monoisotopic (exact) mass is 311 g/mol. The average Bonchev–Trinajstić information content (AvgIpc) is 2.90. The van der Waals surface area contributed by atoms with Gasteiger partial charge in [0.25, 0.3) is 0 Å². The van der Waals surface area contributed by atoms with Crippen LogP contribution in [0, 0.1) is 23.6 Å². The molecule has 0 aromatic heterocycles. The maximum atomic E-state index is 13.9. The number of hydrogen-bond donors (Lipinski definition) is 1. The van der Waals surface area contributed by atoms with Gasteiger partial charge in [-0.15, -0.1) is 0 Å². The molecule has 0 radical (unpaired) electrons. The van der Waals surface area contributed by atoms with Crippen LogP contribution in [0.5, 0.6) is 0 Å². The molecule has 2 bridgehead atoms. The molecule has 2 N–H and O–H groups in total. The molecule has 3 heteroatoms. The number of fused-ring (bicyclic) bond motifs is 2. The fraction of sp³-hybridized carbons (Fsp3) is 0.600. The van der Waals surface area contributed by atoms with Crippen LogP contribution in [0.1, 0.15) is 43.7 Å². The van der Waals surface area contributed by atoms with Gasteiger partial charge in [-0.1, -0.05) is 28.4 Å². The molecule has 4 unspecified atom stereocenters. The third kappa shape index (κ3) is 2.23. The molecule has 18 heavy (non-hydrogen) atoms. The minimum atomic E-state index is -0.181. The van der Waals surface area contributed by atoms with Crippen molar-refractivity contribution in [2.24, 2.45) is 23.5 Å². The lowest BCUT2D eigenvalue weighted by molar-refractivity contribution is 0.294. The first-order valence-electron chi connectivity index (χ1n) is 6.84. The van der Waals surface area contributed by atoms with Crippen molar-refractivity contribution >= 4 is 15.9 Å². The lowest BCUT2D eigenvalue weighted by Crippen LogP contribution is -2.20. The molecule has 1 aromatic rings. The molecule has 1 aromatic carbocycles. The number of benzene rings is 1. The largest absolute Gasteiger partial charge is 0.324 e. The molecule has 2 fully saturated rings. The van der Waals surface area contributed by atoms with E-state index in [4.69, 9.17) is 5.73 Å². The van der Waals surface area contributed by atoms with Gasteiger partial charge in [-0.25, -0.2) is 4.39 Å². The van der Waals surface area contributed by atoms with Crippen LogP contribution in [0.15, 0.2) is 22.7 Å². The molecule has 2 aliphatic rings. The van der Waals surface area contributed by atoms with Crippen LogP contribution in [0.4, 0.5) is 4.39 Å². The summed E-state index contributed by atoms with van der Waals surface area (Å²) < 4.78 is 14.7. The summed E-state index contributed by atoms with van der Waals surface area (Å²) in [5.74, 6) is 2.31. The lowest BCUT2D eigenvalue weighted by atomic mass is 9.83. The van der Waals surface area contributed by atoms with Crippen molar-refractivity contribution in [2.45, 2.75) is 38.1 Å². The summed E-state index contributed by atoms with van der Waals surface area (Å²) in [5, 5.41) is 0. The summed E-state index contributed by atoms with van der Waals surface area (Å²) in [6.45, 7) is 0. The Labute approximate surface area is 116 Å². The molecule has 0 spiro atoms. The van der Waals surface area contributed by atoms with Crippen molar-refractivity contribution in [3.8, 4) is 0 Å². The Morgan fingerprint density at radius 1 is 1.33 bits per heavy atom. The zero-order valence-corrected chi connectivity index (χ0v) is 12.0. The molecule has 0 heterocycles. The summed E-state index contributed by atoms with van der Waals surface area (Å²) in [6, 6.07) is 4.91. The number of rotatable bonds is 3. The Morgan fingerprint density at radius 3 is 2.78 bits per heavy atom. The minimum absolute atomic E-state index is 0.176. The van der Waals surface area contributed by atoms with Crippen LogP contribution in [-0.2, 0) is 0 Å². The van der Waals surface area contributed by atoms with Gasteiger partial charge in [0, 0.05) is 16.1 Å². The van der Waals surface area contributed by atoms with E-state index in [9.17, 15) is 4.39 Å². The Balaban J connectivity index is 1.73. The molecule has 4 atom stereocenters. The first kappa shape index (κ1) is 12.6. The molecule has 2 saturated carbocycles. The molecule has 0 amide bonds. The highest BCUT2D eigenvalue weighted by Crippen LogP contribution is 2.51. The van der Waals surface area contributed by atoms with Crippen LogP contribution in [0.2, 0.25) is 0 Å². The van der Waals surface area contributed by atoms with Gasteiger partial charge in [-0.2, -0.15) is 0 Å². The Bertz CT molecular complexity index is 428. The van der Waals surface area contributed by atoms with E-state index in [2.05, 4.69) is 15.9 Å². The van der Waals surface area contributed by atoms with Crippen LogP contribution in [0.3, 0.4) is 0 Å². The van der Waals surface area contributed by atoms with Crippen molar-refractivity contribution in [3.05, 3.63) is 34.1 Å². The predicted octanol–water partition coefficient (Wildman–Crippen LogP) is 4.41. The summed E-state index contributed by atoms with van der Waals surface area (Å²) in [6.07, 6.45) is 6.39. The second kappa shape index (κ2) is 4.93. The van der Waals surface area contributed by atoms with Gasteiger partial charge in [0.15, 0.2) is 0 Å². The average molecular weight is 312 g/mol. The van der Waals surface area contributed by atoms with Gasteiger partial charge in [0.2, 0.25) is 0 Å². The van der Waals surface area contributed by atoms with Gasteiger partial charge in [-0.05, 0) is 55.6 Å². The molecular formula is C15H19BrFN. The highest BCUT2D eigenvalue weighted by atomic mass is 79.9. The zero-order chi connectivity index (χ0) is 12.7. The van der Waals surface area contributed by atoms with E-state index in [1.807, 2.05) is 6.07 Å². The second-order valence-electron chi connectivity index (χ2n) is 5.91. The topological polar surface area (TPSA) is 26.0 Å². The third-order valence-corrected chi connectivity index (χ3v) is 5.50. The third-order valence-electron chi connectivity index (χ3n) is 4.81. The fourth-order valence-electron chi connectivity index (χ4n) is 3.97. The van der Waals surface area contributed by atoms with Crippen molar-refractivity contribution < 1.29 is 4.39 Å². The first-order chi connectivity index (χ1) is 8.65. The molecule has 0 saturated heterocycles. The summed E-state index contributed by atoms with van der Waals surface area (Å²) in [5.41, 5.74) is 6.89. The van der Waals surface area contributed by atoms with Gasteiger partial charge in [0.05, 0.1) is 0 Å². The highest BCUT2D eigenvalue weighted by molar-refractivity contribution is 9.10. The highest BCUT2D eigenvalue weighted by Gasteiger charge is 2.40. The molecule has 1 nitrogen and oxygen atoms in total. The van der Waals surface area contributed by atoms with E-state index in [0.29, 0.717) is 11.5 Å². The fourth-order valence-corrected chi connectivity index (χ4v) is 4.61. The SMILES string of the molecule is NC(CC1CC2CCC1C2)c1c(F)cccc1Br. The van der Waals surface area contributed by atoms with Crippen molar-refractivity contribution in [3.63, 3.8) is 0 Å². The van der Waals surface area contributed by atoms with E-state index in [-0.39, 0.29) is 11.9 Å². The lowest BCUT2D eigenvalue weighted by Gasteiger charge is -2.25. The van der Waals surface area contributed by atoms with Crippen molar-refractivity contribution in [2.75, 3.05) is 0 Å². The van der Waals surface area contributed by atoms with Crippen molar-refractivity contribution in [1.82, 2.24) is 0 Å². The van der Waals surface area contributed by atoms with E-state index in [1.54, 1.807) is 6.07 Å². The van der Waals surface area contributed by atoms with Gasteiger partial charge < -0.3 is 5.73 Å². The number of nitrogens with two attached hydrogens (primary N) is 1. The smallest absolute Gasteiger partial charge is 0.129 e. The Kier molecular flexibility index (Phi) is 3.46. The molecule has 98 valence electrons. The molecule has 2 aliphatic carbocycles. The molecule has 0 aliphatic heterocycles. The first-order valence-corrected chi connectivity index (χ1v) is 7.64. The van der Waals surface area contributed by atoms with Crippen LogP contribution in [0.25, 0.3) is 0 Å². The van der Waals surface area contributed by atoms with Crippen molar-refractivity contribution in [1.29, 1.82) is 0 Å². The van der Waals surface area contributed by atoms with Gasteiger partial charge in [-0.3, -0.25) is 0 Å². The number of hydrogen-bond acceptors (Lipinski definition) is 1. The van der Waals surface area contributed by atoms with E-state index >= 15 is 0 Å². The summed E-state index contributed by atoms with van der Waals surface area (Å²) in [7, 11) is 0. The van der Waals surface area contributed by atoms with Crippen LogP contribution < -0.4 is 5.73 Å². The van der Waals surface area contributed by atoms with E-state index < -0.39 is 0 Å². The normalized spacial score (nSPS) is 31.8. The van der Waals surface area contributed by atoms with E-state index in [0.717, 1.165) is 22.7 Å². The minimum Gasteiger partial charge on any atom is -0.324 e. The Morgan fingerprint density at radius 2 is 2.17 bits per heavy atom. The zero-order valence-electron chi connectivity index (χ0n) is 10.4. The predicted molar refractivity (Wildman–Crippen MR) is 74.6 cm³/mol. The maximum absolute atomic E-state index is 13.9. The van der Waals surface area contributed by atoms with E-state index in [1.165, 1.54) is 31.7 Å². The second-order valence-corrected chi connectivity index (χ2v) is 6.77. The van der Waals surface area contributed by atoms with Crippen LogP contribution >= 0.6 is 15.9 Å². The number of halogens is 2. The molecular weight excluding hydrogens is 293 g/mol. The molecule has 3 rings (SSSR count). The Hall–Kier alpha value is -0.410. The summed E-state index contributed by atoms with van der Waals surface area (Å²) in [4.78, 5) is 0. The van der Waals surface area contributed by atoms with Gasteiger partial charge in [0.1, 0.15) is 5.82 Å². The standard InChI is InChI=1S/C15H19BrFN/c16-12-2-1-3-13(17)15(12)14(18)8-11-7-9-4-5-10(11)6-9/h1-3,9-11,14H,4-8,18H2. The quantitative estimate of drug-likeness (QED) is 0.879. The maximum Gasteiger partial charge on any atom is 0.129 e. The van der Waals surface area contributed by atoms with Gasteiger partial charge >= 0.3 is 0 Å². The summed E-state index contributed by atoms with van der Waals surface area (Å²) >= 11 is 3.42.